The van der Waals surface area contributed by atoms with E-state index in [1.54, 1.807) is 24.5 Å². The van der Waals surface area contributed by atoms with Crippen LogP contribution in [-0.2, 0) is 6.42 Å². The molecular weight excluding hydrogens is 270 g/mol. The number of ether oxygens (including phenoxy) is 3. The lowest BCUT2D eigenvalue weighted by atomic mass is 10.0. The summed E-state index contributed by atoms with van der Waals surface area (Å²) in [7, 11) is 4.57. The standard InChI is InChI=1S/C16H17NO4/c1-19-14-9-12(10-15(20-2)16(14)21-3)13(18)8-11-4-6-17-7-5-11/h4-7,9-10H,8H2,1-3H3. The minimum Gasteiger partial charge on any atom is -0.493 e. The van der Waals surface area contributed by atoms with Crippen LogP contribution >= 0.6 is 0 Å². The number of carbonyl (C=O) groups is 1. The molecule has 21 heavy (non-hydrogen) atoms. The lowest BCUT2D eigenvalue weighted by Crippen LogP contribution is -2.05. The van der Waals surface area contributed by atoms with E-state index < -0.39 is 0 Å². The molecule has 0 N–H and O–H groups in total. The summed E-state index contributed by atoms with van der Waals surface area (Å²) in [5, 5.41) is 0. The Balaban J connectivity index is 2.33. The van der Waals surface area contributed by atoms with Crippen molar-refractivity contribution in [2.75, 3.05) is 21.3 Å². The molecule has 0 aliphatic rings. The number of pyridine rings is 1. The van der Waals surface area contributed by atoms with E-state index in [0.717, 1.165) is 5.56 Å². The van der Waals surface area contributed by atoms with Crippen LogP contribution < -0.4 is 14.2 Å². The first-order chi connectivity index (χ1) is 10.2. The van der Waals surface area contributed by atoms with Gasteiger partial charge in [0.1, 0.15) is 0 Å². The van der Waals surface area contributed by atoms with Crippen molar-refractivity contribution in [3.8, 4) is 17.2 Å². The minimum atomic E-state index is -0.0274. The van der Waals surface area contributed by atoms with Gasteiger partial charge in [-0.25, -0.2) is 0 Å². The molecule has 1 aromatic heterocycles. The smallest absolute Gasteiger partial charge is 0.203 e. The van der Waals surface area contributed by atoms with E-state index in [0.29, 0.717) is 29.2 Å². The van der Waals surface area contributed by atoms with Crippen molar-refractivity contribution in [1.82, 2.24) is 4.98 Å². The fraction of sp³-hybridized carbons (Fsp3) is 0.250. The molecule has 0 unspecified atom stereocenters. The van der Waals surface area contributed by atoms with Gasteiger partial charge in [0.15, 0.2) is 17.3 Å². The van der Waals surface area contributed by atoms with Gasteiger partial charge in [0.25, 0.3) is 0 Å². The lowest BCUT2D eigenvalue weighted by Gasteiger charge is -2.13. The van der Waals surface area contributed by atoms with Crippen LogP contribution in [0.5, 0.6) is 17.2 Å². The van der Waals surface area contributed by atoms with Gasteiger partial charge in [-0.1, -0.05) is 0 Å². The zero-order chi connectivity index (χ0) is 15.2. The highest BCUT2D eigenvalue weighted by molar-refractivity contribution is 5.98. The third kappa shape index (κ3) is 3.31. The van der Waals surface area contributed by atoms with Gasteiger partial charge < -0.3 is 14.2 Å². The average Bonchev–Trinajstić information content (AvgIpc) is 2.54. The maximum Gasteiger partial charge on any atom is 0.203 e. The molecule has 0 radical (unpaired) electrons. The molecule has 0 aliphatic heterocycles. The molecule has 110 valence electrons. The van der Waals surface area contributed by atoms with Crippen LogP contribution in [-0.4, -0.2) is 32.1 Å². The van der Waals surface area contributed by atoms with E-state index in [4.69, 9.17) is 14.2 Å². The number of hydrogen-bond donors (Lipinski definition) is 0. The predicted octanol–water partition coefficient (Wildman–Crippen LogP) is 2.53. The molecule has 0 saturated heterocycles. The van der Waals surface area contributed by atoms with Crippen molar-refractivity contribution >= 4 is 5.78 Å². The fourth-order valence-electron chi connectivity index (χ4n) is 2.03. The number of nitrogens with zero attached hydrogens (tertiary/aromatic N) is 1. The topological polar surface area (TPSA) is 57.7 Å². The van der Waals surface area contributed by atoms with Gasteiger partial charge >= 0.3 is 0 Å². The van der Waals surface area contributed by atoms with Gasteiger partial charge in [0.2, 0.25) is 5.75 Å². The number of ketones is 1. The van der Waals surface area contributed by atoms with E-state index in [9.17, 15) is 4.79 Å². The van der Waals surface area contributed by atoms with Crippen LogP contribution in [0.2, 0.25) is 0 Å². The van der Waals surface area contributed by atoms with Crippen LogP contribution in [0.1, 0.15) is 15.9 Å². The van der Waals surface area contributed by atoms with Gasteiger partial charge in [0.05, 0.1) is 21.3 Å². The number of hydrogen-bond acceptors (Lipinski definition) is 5. The summed E-state index contributed by atoms with van der Waals surface area (Å²) in [5.74, 6) is 1.38. The first-order valence-electron chi connectivity index (χ1n) is 6.41. The van der Waals surface area contributed by atoms with Crippen molar-refractivity contribution < 1.29 is 19.0 Å². The Hall–Kier alpha value is -2.56. The molecule has 2 aromatic rings. The molecular formula is C16H17NO4. The normalized spacial score (nSPS) is 10.0. The van der Waals surface area contributed by atoms with Gasteiger partial charge in [-0.2, -0.15) is 0 Å². The fourth-order valence-corrected chi connectivity index (χ4v) is 2.03. The summed E-state index contributed by atoms with van der Waals surface area (Å²) in [6.45, 7) is 0. The second kappa shape index (κ2) is 6.74. The summed E-state index contributed by atoms with van der Waals surface area (Å²) in [5.41, 5.74) is 1.42. The summed E-state index contributed by atoms with van der Waals surface area (Å²) in [6.07, 6.45) is 3.62. The Morgan fingerprint density at radius 3 is 2.05 bits per heavy atom. The van der Waals surface area contributed by atoms with E-state index in [1.165, 1.54) is 21.3 Å². The van der Waals surface area contributed by atoms with Crippen LogP contribution in [0.15, 0.2) is 36.7 Å². The minimum absolute atomic E-state index is 0.0274. The first kappa shape index (κ1) is 14.8. The Bertz CT molecular complexity index is 600. The lowest BCUT2D eigenvalue weighted by molar-refractivity contribution is 0.0992. The van der Waals surface area contributed by atoms with Crippen molar-refractivity contribution in [2.45, 2.75) is 6.42 Å². The number of rotatable bonds is 6. The molecule has 0 aliphatic carbocycles. The Kier molecular flexibility index (Phi) is 4.77. The number of Topliss-reactive ketones (excluding diaryl/α,β-unsaturated/α-hetero) is 1. The maximum absolute atomic E-state index is 12.4. The second-order valence-corrected chi connectivity index (χ2v) is 4.37. The third-order valence-corrected chi connectivity index (χ3v) is 3.10. The molecule has 0 amide bonds. The molecule has 1 aromatic carbocycles. The number of aromatic nitrogens is 1. The van der Waals surface area contributed by atoms with Gasteiger partial charge in [-0.3, -0.25) is 9.78 Å². The molecule has 0 fully saturated rings. The highest BCUT2D eigenvalue weighted by atomic mass is 16.5. The average molecular weight is 287 g/mol. The van der Waals surface area contributed by atoms with Crippen LogP contribution in [0.4, 0.5) is 0 Å². The highest BCUT2D eigenvalue weighted by Gasteiger charge is 2.17. The monoisotopic (exact) mass is 287 g/mol. The van der Waals surface area contributed by atoms with Crippen LogP contribution in [0.25, 0.3) is 0 Å². The number of carbonyl (C=O) groups excluding carboxylic acids is 1. The Morgan fingerprint density at radius 2 is 1.57 bits per heavy atom. The van der Waals surface area contributed by atoms with Crippen molar-refractivity contribution in [2.24, 2.45) is 0 Å². The van der Waals surface area contributed by atoms with E-state index in [-0.39, 0.29) is 5.78 Å². The van der Waals surface area contributed by atoms with Crippen molar-refractivity contribution in [1.29, 1.82) is 0 Å². The number of benzene rings is 1. The number of methoxy groups -OCH3 is 3. The zero-order valence-corrected chi connectivity index (χ0v) is 12.3. The van der Waals surface area contributed by atoms with Gasteiger partial charge in [0, 0.05) is 24.4 Å². The second-order valence-electron chi connectivity index (χ2n) is 4.37. The zero-order valence-electron chi connectivity index (χ0n) is 12.3. The largest absolute Gasteiger partial charge is 0.493 e. The van der Waals surface area contributed by atoms with E-state index in [1.807, 2.05) is 12.1 Å². The summed E-state index contributed by atoms with van der Waals surface area (Å²) < 4.78 is 15.7. The highest BCUT2D eigenvalue weighted by Crippen LogP contribution is 2.38. The Morgan fingerprint density at radius 1 is 1.00 bits per heavy atom. The first-order valence-corrected chi connectivity index (χ1v) is 6.41. The third-order valence-electron chi connectivity index (χ3n) is 3.10. The predicted molar refractivity (Wildman–Crippen MR) is 78.4 cm³/mol. The van der Waals surface area contributed by atoms with Crippen LogP contribution in [0, 0.1) is 0 Å². The molecule has 5 nitrogen and oxygen atoms in total. The molecule has 2 rings (SSSR count). The summed E-state index contributed by atoms with van der Waals surface area (Å²) in [6, 6.07) is 6.95. The molecule has 0 spiro atoms. The van der Waals surface area contributed by atoms with Crippen molar-refractivity contribution in [3.63, 3.8) is 0 Å². The summed E-state index contributed by atoms with van der Waals surface area (Å²) >= 11 is 0. The van der Waals surface area contributed by atoms with E-state index >= 15 is 0 Å². The van der Waals surface area contributed by atoms with Gasteiger partial charge in [-0.15, -0.1) is 0 Å². The van der Waals surface area contributed by atoms with E-state index in [2.05, 4.69) is 4.98 Å². The summed E-state index contributed by atoms with van der Waals surface area (Å²) in [4.78, 5) is 16.3. The van der Waals surface area contributed by atoms with Crippen molar-refractivity contribution in [3.05, 3.63) is 47.8 Å². The molecule has 0 bridgehead atoms. The molecule has 0 atom stereocenters. The van der Waals surface area contributed by atoms with Gasteiger partial charge in [-0.05, 0) is 29.8 Å². The maximum atomic E-state index is 12.4. The SMILES string of the molecule is COc1cc(C(=O)Cc2ccncc2)cc(OC)c1OC. The molecule has 1 heterocycles. The Labute approximate surface area is 123 Å². The molecule has 5 heteroatoms. The quantitative estimate of drug-likeness (QED) is 0.764. The molecule has 0 saturated carbocycles. The van der Waals surface area contributed by atoms with Crippen LogP contribution in [0.3, 0.4) is 0 Å².